The van der Waals surface area contributed by atoms with E-state index in [2.05, 4.69) is 67.4 Å². The third kappa shape index (κ3) is 33.6. The topological polar surface area (TPSA) is 37.4 Å². The molecule has 0 heterocycles. The minimum Gasteiger partial charge on any atom is -0.309 e. The highest BCUT2D eigenvalue weighted by atomic mass is 16.1. The summed E-state index contributed by atoms with van der Waals surface area (Å²) in [6.45, 7) is 5.44. The third-order valence-corrected chi connectivity index (χ3v) is 8.87. The molecule has 0 fully saturated rings. The average molecular weight is 640 g/mol. The van der Waals surface area contributed by atoms with Gasteiger partial charge in [0.1, 0.15) is 11.6 Å². The Labute approximate surface area is 287 Å². The summed E-state index contributed by atoms with van der Waals surface area (Å²) < 4.78 is 0. The Kier molecular flexibility index (Phi) is 34.7. The predicted octanol–water partition coefficient (Wildman–Crippen LogP) is 13.1. The molecule has 1 unspecified atom stereocenters. The number of hydrogen-bond donors (Lipinski definition) is 0. The van der Waals surface area contributed by atoms with Crippen LogP contribution < -0.4 is 0 Å². The Balaban J connectivity index is 4.19. The molecule has 0 aromatic carbocycles. The van der Waals surface area contributed by atoms with Gasteiger partial charge >= 0.3 is 0 Å². The van der Waals surface area contributed by atoms with E-state index in [0.29, 0.717) is 25.0 Å². The van der Waals surface area contributed by atoms with E-state index in [-0.39, 0.29) is 11.7 Å². The first-order chi connectivity index (χ1) is 22.5. The molecule has 0 radical (unpaired) electrons. The van der Waals surface area contributed by atoms with Gasteiger partial charge in [-0.15, -0.1) is 0 Å². The van der Waals surface area contributed by atoms with E-state index in [9.17, 15) is 9.59 Å². The summed E-state index contributed by atoms with van der Waals surface area (Å²) in [6.07, 6.45) is 48.5. The first kappa shape index (κ1) is 44.3. The van der Waals surface area contributed by atoms with Gasteiger partial charge in [0.25, 0.3) is 0 Å². The molecule has 0 aromatic rings. The van der Waals surface area contributed by atoms with Crippen molar-refractivity contribution in [2.24, 2.45) is 5.92 Å². The first-order valence-corrected chi connectivity index (χ1v) is 19.8. The highest BCUT2D eigenvalue weighted by molar-refractivity contribution is 5.87. The Bertz CT molecular complexity index is 791. The van der Waals surface area contributed by atoms with Crippen molar-refractivity contribution in [1.82, 2.24) is 4.90 Å². The zero-order valence-electron chi connectivity index (χ0n) is 31.3. The molecular formula is C43H77NO2. The molecule has 0 N–H and O–H groups in total. The minimum absolute atomic E-state index is 0.0596. The highest BCUT2D eigenvalue weighted by Crippen LogP contribution is 2.21. The zero-order chi connectivity index (χ0) is 33.8. The molecule has 0 saturated carbocycles. The molecule has 3 heteroatoms. The average Bonchev–Trinajstić information content (AvgIpc) is 3.03. The van der Waals surface area contributed by atoms with Crippen LogP contribution in [0.4, 0.5) is 0 Å². The van der Waals surface area contributed by atoms with Crippen LogP contribution in [-0.2, 0) is 9.59 Å². The van der Waals surface area contributed by atoms with Crippen molar-refractivity contribution in [3.05, 3.63) is 48.6 Å². The van der Waals surface area contributed by atoms with Crippen LogP contribution in [0.2, 0.25) is 0 Å². The van der Waals surface area contributed by atoms with Crippen LogP contribution in [0.25, 0.3) is 0 Å². The lowest BCUT2D eigenvalue weighted by molar-refractivity contribution is -0.128. The maximum Gasteiger partial charge on any atom is 0.136 e. The smallest absolute Gasteiger partial charge is 0.136 e. The Morgan fingerprint density at radius 2 is 0.935 bits per heavy atom. The van der Waals surface area contributed by atoms with Crippen LogP contribution in [0.15, 0.2) is 48.6 Å². The number of carbonyl (C=O) groups excluding carboxylic acids is 2. The molecule has 0 aromatic heterocycles. The first-order valence-electron chi connectivity index (χ1n) is 19.8. The molecule has 266 valence electrons. The molecule has 1 atom stereocenters. The van der Waals surface area contributed by atoms with Crippen molar-refractivity contribution in [3.8, 4) is 0 Å². The maximum absolute atomic E-state index is 13.2. The number of carbonyl (C=O) groups is 2. The molecule has 46 heavy (non-hydrogen) atoms. The van der Waals surface area contributed by atoms with Gasteiger partial charge in [-0.2, -0.15) is 0 Å². The van der Waals surface area contributed by atoms with E-state index in [1.165, 1.54) is 103 Å². The summed E-state index contributed by atoms with van der Waals surface area (Å²) in [5.41, 5.74) is 0. The highest BCUT2D eigenvalue weighted by Gasteiger charge is 2.21. The lowest BCUT2D eigenvalue weighted by atomic mass is 9.88. The number of Topliss-reactive ketones (excluding diaryl/α,β-unsaturated/α-hetero) is 2. The van der Waals surface area contributed by atoms with Crippen LogP contribution >= 0.6 is 0 Å². The second-order valence-corrected chi connectivity index (χ2v) is 13.8. The van der Waals surface area contributed by atoms with E-state index < -0.39 is 0 Å². The van der Waals surface area contributed by atoms with Crippen LogP contribution in [0, 0.1) is 5.92 Å². The summed E-state index contributed by atoms with van der Waals surface area (Å²) in [4.78, 5) is 28.0. The van der Waals surface area contributed by atoms with Gasteiger partial charge < -0.3 is 4.90 Å². The monoisotopic (exact) mass is 640 g/mol. The second-order valence-electron chi connectivity index (χ2n) is 13.8. The quantitative estimate of drug-likeness (QED) is 0.0511. The largest absolute Gasteiger partial charge is 0.309 e. The van der Waals surface area contributed by atoms with E-state index in [0.717, 1.165) is 57.9 Å². The molecular weight excluding hydrogens is 562 g/mol. The Morgan fingerprint density at radius 1 is 0.500 bits per heavy atom. The Hall–Kier alpha value is -1.74. The number of allylic oxidation sites excluding steroid dienone is 8. The fourth-order valence-corrected chi connectivity index (χ4v) is 5.86. The number of ketones is 2. The molecule has 0 spiro atoms. The minimum atomic E-state index is -0.0596. The van der Waals surface area contributed by atoms with Crippen molar-refractivity contribution in [1.29, 1.82) is 0 Å². The molecule has 0 rings (SSSR count). The SMILES string of the molecule is CCCCCC=CCC=CCCCCCCCC(=O)C(CCCCCCCC=CCC=CCCCCC)CC(=O)CCCN(C)C. The second kappa shape index (κ2) is 36.1. The van der Waals surface area contributed by atoms with Crippen LogP contribution in [0.3, 0.4) is 0 Å². The summed E-state index contributed by atoms with van der Waals surface area (Å²) in [5, 5.41) is 0. The maximum atomic E-state index is 13.2. The number of hydrogen-bond acceptors (Lipinski definition) is 3. The van der Waals surface area contributed by atoms with Crippen molar-refractivity contribution in [2.75, 3.05) is 20.6 Å². The van der Waals surface area contributed by atoms with E-state index in [4.69, 9.17) is 0 Å². The number of nitrogens with zero attached hydrogens (tertiary/aromatic N) is 1. The van der Waals surface area contributed by atoms with Gasteiger partial charge in [0.15, 0.2) is 0 Å². The summed E-state index contributed by atoms with van der Waals surface area (Å²) in [5.74, 6) is 0.565. The van der Waals surface area contributed by atoms with Gasteiger partial charge in [-0.05, 0) is 104 Å². The number of unbranched alkanes of at least 4 members (excludes halogenated alkanes) is 16. The third-order valence-electron chi connectivity index (χ3n) is 8.87. The molecule has 0 aliphatic heterocycles. The van der Waals surface area contributed by atoms with Crippen molar-refractivity contribution < 1.29 is 9.59 Å². The zero-order valence-corrected chi connectivity index (χ0v) is 31.3. The molecule has 3 nitrogen and oxygen atoms in total. The fraction of sp³-hybridized carbons (Fsp3) is 0.767. The van der Waals surface area contributed by atoms with Crippen LogP contribution in [0.1, 0.15) is 187 Å². The fourth-order valence-electron chi connectivity index (χ4n) is 5.86. The standard InChI is InChI=1S/C43H77NO2/c1-5-7-9-11-13-15-17-19-21-23-25-27-29-31-33-36-41(40-42(45)37-35-39-44(3)4)43(46)38-34-32-30-28-26-24-22-20-18-16-14-12-10-8-6-2/h13-16,19-22,41H,5-12,17-18,23-40H2,1-4H3. The van der Waals surface area contributed by atoms with Gasteiger partial charge in [-0.3, -0.25) is 9.59 Å². The van der Waals surface area contributed by atoms with Gasteiger partial charge in [0, 0.05) is 25.2 Å². The predicted molar refractivity (Wildman–Crippen MR) is 205 cm³/mol. The molecule has 0 saturated heterocycles. The van der Waals surface area contributed by atoms with Crippen molar-refractivity contribution in [2.45, 2.75) is 187 Å². The lowest BCUT2D eigenvalue weighted by Crippen LogP contribution is -2.20. The van der Waals surface area contributed by atoms with E-state index in [1.807, 2.05) is 14.1 Å². The van der Waals surface area contributed by atoms with Crippen molar-refractivity contribution >= 4 is 11.6 Å². The summed E-state index contributed by atoms with van der Waals surface area (Å²) in [7, 11) is 4.10. The van der Waals surface area contributed by atoms with Gasteiger partial charge in [-0.1, -0.05) is 133 Å². The Morgan fingerprint density at radius 3 is 1.41 bits per heavy atom. The number of rotatable bonds is 35. The van der Waals surface area contributed by atoms with Gasteiger partial charge in [0.2, 0.25) is 0 Å². The molecule has 0 bridgehead atoms. The molecule has 0 aliphatic carbocycles. The van der Waals surface area contributed by atoms with Gasteiger partial charge in [0.05, 0.1) is 0 Å². The summed E-state index contributed by atoms with van der Waals surface area (Å²) >= 11 is 0. The van der Waals surface area contributed by atoms with Crippen LogP contribution in [-0.4, -0.2) is 37.1 Å². The molecule has 0 aliphatic rings. The van der Waals surface area contributed by atoms with Gasteiger partial charge in [-0.25, -0.2) is 0 Å². The molecule has 0 amide bonds. The van der Waals surface area contributed by atoms with Crippen molar-refractivity contribution in [3.63, 3.8) is 0 Å². The summed E-state index contributed by atoms with van der Waals surface area (Å²) in [6, 6.07) is 0. The van der Waals surface area contributed by atoms with E-state index >= 15 is 0 Å². The van der Waals surface area contributed by atoms with Crippen LogP contribution in [0.5, 0.6) is 0 Å². The normalized spacial score (nSPS) is 13.0. The lowest BCUT2D eigenvalue weighted by Gasteiger charge is -2.16. The van der Waals surface area contributed by atoms with E-state index in [1.54, 1.807) is 0 Å².